The maximum absolute atomic E-state index is 11.7. The molecule has 0 aromatic carbocycles. The number of hydrogen-bond donors (Lipinski definition) is 2. The van der Waals surface area contributed by atoms with Crippen LogP contribution in [0, 0.1) is 0 Å². The molecule has 0 atom stereocenters. The van der Waals surface area contributed by atoms with Gasteiger partial charge in [-0.1, -0.05) is 11.6 Å². The van der Waals surface area contributed by atoms with E-state index in [9.17, 15) is 4.39 Å². The molecule has 0 saturated heterocycles. The highest BCUT2D eigenvalue weighted by molar-refractivity contribution is 6.35. The molecule has 0 aliphatic heterocycles. The third-order valence-electron chi connectivity index (χ3n) is 1.20. The van der Waals surface area contributed by atoms with Gasteiger partial charge in [-0.2, -0.15) is 0 Å². The lowest BCUT2D eigenvalue weighted by Crippen LogP contribution is -2.06. The normalized spacial score (nSPS) is 9.83. The number of nitrogens with two attached hydrogens (primary N) is 1. The number of nitrogens with zero attached hydrogens (tertiary/aromatic N) is 2. The van der Waals surface area contributed by atoms with E-state index in [4.69, 9.17) is 17.3 Å². The van der Waals surface area contributed by atoms with E-state index >= 15 is 0 Å². The number of nitrogens with one attached hydrogen (secondary N) is 1. The van der Waals surface area contributed by atoms with Gasteiger partial charge in [-0.3, -0.25) is 0 Å². The van der Waals surface area contributed by atoms with E-state index in [0.717, 1.165) is 0 Å². The molecule has 0 aliphatic rings. The summed E-state index contributed by atoms with van der Waals surface area (Å²) >= 11 is 5.69. The van der Waals surface area contributed by atoms with Gasteiger partial charge in [-0.15, -0.1) is 0 Å². The second-order valence-electron chi connectivity index (χ2n) is 2.04. The smallest absolute Gasteiger partial charge is 0.150 e. The molecule has 1 aromatic rings. The first-order chi connectivity index (χ1) is 5.75. The van der Waals surface area contributed by atoms with Crippen LogP contribution >= 0.6 is 11.6 Å². The van der Waals surface area contributed by atoms with E-state index in [1.165, 1.54) is 6.33 Å². The third-order valence-corrected chi connectivity index (χ3v) is 1.58. The minimum absolute atomic E-state index is 0.163. The molecule has 1 rings (SSSR count). The molecule has 0 saturated carbocycles. The number of nitrogen functional groups attached to an aromatic ring is 1. The van der Waals surface area contributed by atoms with Crippen LogP contribution < -0.4 is 11.1 Å². The largest absolute Gasteiger partial charge is 0.382 e. The van der Waals surface area contributed by atoms with Gasteiger partial charge < -0.3 is 11.1 Å². The summed E-state index contributed by atoms with van der Waals surface area (Å²) in [6.07, 6.45) is 1.27. The number of halogens is 2. The monoisotopic (exact) mass is 190 g/mol. The van der Waals surface area contributed by atoms with Crippen molar-refractivity contribution in [2.45, 2.75) is 0 Å². The Hall–Kier alpha value is -1.10. The topological polar surface area (TPSA) is 63.8 Å². The number of rotatable bonds is 3. The van der Waals surface area contributed by atoms with Crippen molar-refractivity contribution in [3.63, 3.8) is 0 Å². The van der Waals surface area contributed by atoms with Crippen molar-refractivity contribution in [3.05, 3.63) is 11.3 Å². The average Bonchev–Trinajstić information content (AvgIpc) is 2.08. The molecule has 0 fully saturated rings. The molecule has 0 radical (unpaired) electrons. The van der Waals surface area contributed by atoms with Crippen LogP contribution in [-0.2, 0) is 0 Å². The molecule has 0 unspecified atom stereocenters. The lowest BCUT2D eigenvalue weighted by atomic mass is 10.5. The quantitative estimate of drug-likeness (QED) is 0.749. The van der Waals surface area contributed by atoms with Gasteiger partial charge in [0.2, 0.25) is 0 Å². The fourth-order valence-electron chi connectivity index (χ4n) is 0.672. The van der Waals surface area contributed by atoms with Crippen LogP contribution in [0.5, 0.6) is 0 Å². The minimum atomic E-state index is -0.486. The molecule has 0 aliphatic carbocycles. The van der Waals surface area contributed by atoms with Crippen LogP contribution in [0.4, 0.5) is 16.0 Å². The van der Waals surface area contributed by atoms with Crippen molar-refractivity contribution in [1.29, 1.82) is 0 Å². The van der Waals surface area contributed by atoms with Crippen molar-refractivity contribution in [2.75, 3.05) is 24.3 Å². The van der Waals surface area contributed by atoms with Crippen molar-refractivity contribution < 1.29 is 4.39 Å². The summed E-state index contributed by atoms with van der Waals surface area (Å²) in [6.45, 7) is -0.323. The zero-order chi connectivity index (χ0) is 8.97. The summed E-state index contributed by atoms with van der Waals surface area (Å²) in [7, 11) is 0. The van der Waals surface area contributed by atoms with Crippen LogP contribution in [0.15, 0.2) is 6.33 Å². The molecular formula is C6H8ClFN4. The molecule has 12 heavy (non-hydrogen) atoms. The average molecular weight is 191 g/mol. The Morgan fingerprint density at radius 1 is 1.58 bits per heavy atom. The van der Waals surface area contributed by atoms with Gasteiger partial charge in [-0.25, -0.2) is 14.4 Å². The number of aromatic nitrogens is 2. The lowest BCUT2D eigenvalue weighted by Gasteiger charge is -2.04. The summed E-state index contributed by atoms with van der Waals surface area (Å²) in [5, 5.41) is 2.89. The Labute approximate surface area is 74.0 Å². The SMILES string of the molecule is Nc1ncnc(NCCF)c1Cl. The van der Waals surface area contributed by atoms with Gasteiger partial charge in [0.05, 0.1) is 0 Å². The van der Waals surface area contributed by atoms with Gasteiger partial charge in [0.15, 0.2) is 5.82 Å². The summed E-state index contributed by atoms with van der Waals surface area (Å²) in [6, 6.07) is 0. The van der Waals surface area contributed by atoms with Gasteiger partial charge in [-0.05, 0) is 0 Å². The van der Waals surface area contributed by atoms with Crippen LogP contribution in [0.1, 0.15) is 0 Å². The Morgan fingerprint density at radius 3 is 3.00 bits per heavy atom. The van der Waals surface area contributed by atoms with Crippen LogP contribution in [0.2, 0.25) is 5.02 Å². The van der Waals surface area contributed by atoms with Gasteiger partial charge >= 0.3 is 0 Å². The maximum Gasteiger partial charge on any atom is 0.150 e. The Kier molecular flexibility index (Phi) is 3.04. The van der Waals surface area contributed by atoms with Gasteiger partial charge in [0, 0.05) is 6.54 Å². The summed E-state index contributed by atoms with van der Waals surface area (Å²) < 4.78 is 11.7. The predicted octanol–water partition coefficient (Wildman–Crippen LogP) is 1.09. The van der Waals surface area contributed by atoms with E-state index in [1.54, 1.807) is 0 Å². The van der Waals surface area contributed by atoms with Crippen molar-refractivity contribution in [3.8, 4) is 0 Å². The minimum Gasteiger partial charge on any atom is -0.382 e. The standard InChI is InChI=1S/C6H8ClFN4/c7-4-5(9)11-3-12-6(4)10-2-1-8/h3H,1-2H2,(H3,9,10,11,12). The van der Waals surface area contributed by atoms with Crippen LogP contribution in [0.3, 0.4) is 0 Å². The summed E-state index contributed by atoms with van der Waals surface area (Å²) in [4.78, 5) is 7.42. The Balaban J connectivity index is 2.78. The number of alkyl halides is 1. The molecule has 6 heteroatoms. The molecule has 4 nitrogen and oxygen atoms in total. The highest BCUT2D eigenvalue weighted by atomic mass is 35.5. The van der Waals surface area contributed by atoms with E-state index in [-0.39, 0.29) is 17.4 Å². The Morgan fingerprint density at radius 2 is 2.33 bits per heavy atom. The summed E-state index contributed by atoms with van der Waals surface area (Å²) in [5.41, 5.74) is 5.38. The van der Waals surface area contributed by atoms with Gasteiger partial charge in [0.1, 0.15) is 23.8 Å². The first-order valence-electron chi connectivity index (χ1n) is 3.31. The molecular weight excluding hydrogens is 183 g/mol. The fraction of sp³-hybridized carbons (Fsp3) is 0.333. The first-order valence-corrected chi connectivity index (χ1v) is 3.69. The molecule has 1 aromatic heterocycles. The van der Waals surface area contributed by atoms with Crippen molar-refractivity contribution in [2.24, 2.45) is 0 Å². The first kappa shape index (κ1) is 8.99. The molecule has 66 valence electrons. The molecule has 0 amide bonds. The van der Waals surface area contributed by atoms with Crippen LogP contribution in [-0.4, -0.2) is 23.2 Å². The third kappa shape index (κ3) is 1.94. The van der Waals surface area contributed by atoms with E-state index in [2.05, 4.69) is 15.3 Å². The molecule has 0 spiro atoms. The molecule has 1 heterocycles. The summed E-state index contributed by atoms with van der Waals surface area (Å²) in [5.74, 6) is 0.551. The number of anilines is 2. The lowest BCUT2D eigenvalue weighted by molar-refractivity contribution is 0.512. The maximum atomic E-state index is 11.7. The van der Waals surface area contributed by atoms with Crippen molar-refractivity contribution >= 4 is 23.2 Å². The zero-order valence-corrected chi connectivity index (χ0v) is 6.98. The highest BCUT2D eigenvalue weighted by Crippen LogP contribution is 2.22. The molecule has 0 bridgehead atoms. The zero-order valence-electron chi connectivity index (χ0n) is 6.22. The van der Waals surface area contributed by atoms with E-state index in [0.29, 0.717) is 5.82 Å². The second-order valence-corrected chi connectivity index (χ2v) is 2.42. The number of hydrogen-bond acceptors (Lipinski definition) is 4. The fourth-order valence-corrected chi connectivity index (χ4v) is 0.837. The second kappa shape index (κ2) is 4.06. The van der Waals surface area contributed by atoms with Crippen molar-refractivity contribution in [1.82, 2.24) is 9.97 Å². The molecule has 3 N–H and O–H groups in total. The van der Waals surface area contributed by atoms with E-state index in [1.807, 2.05) is 0 Å². The van der Waals surface area contributed by atoms with Gasteiger partial charge in [0.25, 0.3) is 0 Å². The highest BCUT2D eigenvalue weighted by Gasteiger charge is 2.04. The predicted molar refractivity (Wildman–Crippen MR) is 45.9 cm³/mol. The van der Waals surface area contributed by atoms with E-state index < -0.39 is 6.67 Å². The Bertz CT molecular complexity index is 268. The van der Waals surface area contributed by atoms with Crippen LogP contribution in [0.25, 0.3) is 0 Å².